The van der Waals surface area contributed by atoms with Crippen LogP contribution in [-0.2, 0) is 27.8 Å². The third kappa shape index (κ3) is 4.94. The van der Waals surface area contributed by atoms with E-state index in [0.29, 0.717) is 18.3 Å². The van der Waals surface area contributed by atoms with Crippen LogP contribution in [0.1, 0.15) is 48.7 Å². The minimum atomic E-state index is -4.38. The molecule has 0 aliphatic carbocycles. The minimum absolute atomic E-state index is 0.151. The number of aromatic nitrogens is 2. The number of carbonyl (C=O) groups is 2. The Bertz CT molecular complexity index is 1540. The Morgan fingerprint density at radius 2 is 1.79 bits per heavy atom. The van der Waals surface area contributed by atoms with Gasteiger partial charge in [-0.2, -0.15) is 8.42 Å². The molecule has 0 bridgehead atoms. The summed E-state index contributed by atoms with van der Waals surface area (Å²) >= 11 is 0. The van der Waals surface area contributed by atoms with Gasteiger partial charge >= 0.3 is 5.97 Å². The van der Waals surface area contributed by atoms with Crippen LogP contribution in [0, 0.1) is 5.92 Å². The summed E-state index contributed by atoms with van der Waals surface area (Å²) in [5.74, 6) is -0.853. The lowest BCUT2D eigenvalue weighted by molar-refractivity contribution is -0.138. The number of pyridine rings is 2. The number of nitrogens with one attached hydrogen (secondary N) is 1. The molecule has 2 aliphatic rings. The van der Waals surface area contributed by atoms with Crippen LogP contribution in [0.3, 0.4) is 0 Å². The Morgan fingerprint density at radius 3 is 2.49 bits per heavy atom. The summed E-state index contributed by atoms with van der Waals surface area (Å²) in [6, 6.07) is 14.1. The number of carbonyl (C=O) groups excluding carboxylic acids is 1. The highest BCUT2D eigenvalue weighted by Gasteiger charge is 2.41. The van der Waals surface area contributed by atoms with Crippen molar-refractivity contribution < 1.29 is 23.1 Å². The fourth-order valence-corrected chi connectivity index (χ4v) is 6.26. The van der Waals surface area contributed by atoms with E-state index in [1.807, 2.05) is 29.2 Å². The van der Waals surface area contributed by atoms with Gasteiger partial charge in [0.2, 0.25) is 0 Å². The van der Waals surface area contributed by atoms with Crippen molar-refractivity contribution in [1.82, 2.24) is 14.7 Å². The van der Waals surface area contributed by atoms with Gasteiger partial charge in [0.05, 0.1) is 5.56 Å². The SMILES string of the molecule is CC1CCN(c2ncccc2C(=O)NS(=O)(=O)c2cccc(N3Cc4ccccc4C[C@H]3C(=O)O)n2)C1(C)C. The molecule has 2 N–H and O–H groups in total. The Balaban J connectivity index is 1.43. The number of carboxylic acids is 1. The Labute approximate surface area is 227 Å². The first-order chi connectivity index (χ1) is 18.5. The molecular formula is C28H31N5O5S. The molecule has 10 nitrogen and oxygen atoms in total. The summed E-state index contributed by atoms with van der Waals surface area (Å²) in [4.78, 5) is 37.7. The highest BCUT2D eigenvalue weighted by molar-refractivity contribution is 7.90. The molecule has 1 unspecified atom stereocenters. The highest BCUT2D eigenvalue weighted by atomic mass is 32.2. The summed E-state index contributed by atoms with van der Waals surface area (Å²) in [5.41, 5.74) is 1.77. The lowest BCUT2D eigenvalue weighted by atomic mass is 9.90. The average molecular weight is 550 g/mol. The Kier molecular flexibility index (Phi) is 6.79. The van der Waals surface area contributed by atoms with Crippen molar-refractivity contribution in [1.29, 1.82) is 0 Å². The zero-order valence-electron chi connectivity index (χ0n) is 22.0. The molecule has 39 heavy (non-hydrogen) atoms. The second-order valence-electron chi connectivity index (χ2n) is 10.6. The Hall–Kier alpha value is -3.99. The van der Waals surface area contributed by atoms with Crippen LogP contribution in [0.2, 0.25) is 0 Å². The summed E-state index contributed by atoms with van der Waals surface area (Å²) in [5, 5.41) is 9.51. The molecule has 1 fully saturated rings. The van der Waals surface area contributed by atoms with Gasteiger partial charge in [0.1, 0.15) is 17.7 Å². The molecule has 2 aromatic heterocycles. The third-order valence-corrected chi connectivity index (χ3v) is 9.25. The molecule has 2 atom stereocenters. The number of hydrogen-bond acceptors (Lipinski definition) is 8. The van der Waals surface area contributed by atoms with Crippen molar-refractivity contribution in [2.24, 2.45) is 5.92 Å². The molecule has 1 saturated heterocycles. The van der Waals surface area contributed by atoms with Crippen LogP contribution < -0.4 is 14.5 Å². The average Bonchev–Trinajstić information content (AvgIpc) is 3.19. The van der Waals surface area contributed by atoms with Crippen molar-refractivity contribution in [2.45, 2.75) is 56.8 Å². The van der Waals surface area contributed by atoms with Gasteiger partial charge in [-0.3, -0.25) is 4.79 Å². The van der Waals surface area contributed by atoms with E-state index in [0.717, 1.165) is 17.5 Å². The molecule has 0 saturated carbocycles. The number of aliphatic carboxylic acids is 1. The zero-order valence-corrected chi connectivity index (χ0v) is 22.9. The number of rotatable bonds is 6. The normalized spacial score (nSPS) is 20.4. The summed E-state index contributed by atoms with van der Waals surface area (Å²) in [6.07, 6.45) is 2.77. The first-order valence-corrected chi connectivity index (χ1v) is 14.3. The molecule has 1 aromatic carbocycles. The van der Waals surface area contributed by atoms with Gasteiger partial charge in [0.15, 0.2) is 5.03 Å². The van der Waals surface area contributed by atoms with E-state index in [2.05, 4.69) is 35.5 Å². The molecular weight excluding hydrogens is 518 g/mol. The van der Waals surface area contributed by atoms with Crippen molar-refractivity contribution in [3.63, 3.8) is 0 Å². The van der Waals surface area contributed by atoms with E-state index in [9.17, 15) is 23.1 Å². The van der Waals surface area contributed by atoms with Gasteiger partial charge in [0.25, 0.3) is 15.9 Å². The molecule has 5 rings (SSSR count). The quantitative estimate of drug-likeness (QED) is 0.475. The molecule has 11 heteroatoms. The molecule has 0 radical (unpaired) electrons. The minimum Gasteiger partial charge on any atom is -0.480 e. The predicted molar refractivity (Wildman–Crippen MR) is 146 cm³/mol. The van der Waals surface area contributed by atoms with E-state index in [4.69, 9.17) is 0 Å². The summed E-state index contributed by atoms with van der Waals surface area (Å²) in [7, 11) is -4.38. The molecule has 204 valence electrons. The molecule has 0 spiro atoms. The number of fused-ring (bicyclic) bond motifs is 1. The monoisotopic (exact) mass is 549 g/mol. The summed E-state index contributed by atoms with van der Waals surface area (Å²) in [6.45, 7) is 7.26. The molecule has 1 amide bonds. The third-order valence-electron chi connectivity index (χ3n) is 8.01. The van der Waals surface area contributed by atoms with Crippen LogP contribution in [0.15, 0.2) is 65.8 Å². The van der Waals surface area contributed by atoms with Crippen molar-refractivity contribution in [3.05, 3.63) is 77.5 Å². The molecule has 3 aromatic rings. The number of benzene rings is 1. The molecule has 2 aliphatic heterocycles. The number of nitrogens with zero attached hydrogens (tertiary/aromatic N) is 4. The maximum atomic E-state index is 13.3. The van der Waals surface area contributed by atoms with Crippen LogP contribution >= 0.6 is 0 Å². The van der Waals surface area contributed by atoms with Crippen molar-refractivity contribution in [3.8, 4) is 0 Å². The number of anilines is 2. The lowest BCUT2D eigenvalue weighted by Gasteiger charge is -2.36. The van der Waals surface area contributed by atoms with Crippen molar-refractivity contribution >= 4 is 33.5 Å². The second-order valence-corrected chi connectivity index (χ2v) is 12.2. The lowest BCUT2D eigenvalue weighted by Crippen LogP contribution is -2.46. The number of hydrogen-bond donors (Lipinski definition) is 2. The van der Waals surface area contributed by atoms with E-state index in [1.165, 1.54) is 12.1 Å². The molecule has 4 heterocycles. The van der Waals surface area contributed by atoms with Gasteiger partial charge in [0, 0.05) is 31.2 Å². The van der Waals surface area contributed by atoms with Crippen LogP contribution in [-0.4, -0.2) is 53.5 Å². The maximum absolute atomic E-state index is 13.3. The highest BCUT2D eigenvalue weighted by Crippen LogP contribution is 2.38. The Morgan fingerprint density at radius 1 is 1.05 bits per heavy atom. The number of sulfonamides is 1. The van der Waals surface area contributed by atoms with Gasteiger partial charge in [-0.25, -0.2) is 19.5 Å². The van der Waals surface area contributed by atoms with Gasteiger partial charge < -0.3 is 14.9 Å². The summed E-state index contributed by atoms with van der Waals surface area (Å²) < 4.78 is 28.8. The van der Waals surface area contributed by atoms with Crippen LogP contribution in [0.25, 0.3) is 0 Å². The second kappa shape index (κ2) is 9.96. The fourth-order valence-electron chi connectivity index (χ4n) is 5.33. The number of amides is 1. The largest absolute Gasteiger partial charge is 0.480 e. The van der Waals surface area contributed by atoms with E-state index >= 15 is 0 Å². The zero-order chi connectivity index (χ0) is 27.9. The first-order valence-electron chi connectivity index (χ1n) is 12.8. The predicted octanol–water partition coefficient (Wildman–Crippen LogP) is 3.24. The van der Waals surface area contributed by atoms with E-state index in [1.54, 1.807) is 29.3 Å². The first kappa shape index (κ1) is 26.6. The van der Waals surface area contributed by atoms with Gasteiger partial charge in [-0.05, 0) is 61.6 Å². The van der Waals surface area contributed by atoms with E-state index in [-0.39, 0.29) is 34.9 Å². The standard InChI is InChI=1S/C28H31N5O5S/c1-18-13-15-33(28(18,2)3)25-21(10-7-14-29-25)26(34)31-39(37,38)24-12-6-11-23(30-24)32-17-20-9-5-4-8-19(20)16-22(32)27(35)36/h4-12,14,18,22H,13,15-17H2,1-3H3,(H,31,34)(H,35,36)/t18?,22-/m0/s1. The van der Waals surface area contributed by atoms with Crippen LogP contribution in [0.4, 0.5) is 11.6 Å². The van der Waals surface area contributed by atoms with Crippen molar-refractivity contribution in [2.75, 3.05) is 16.3 Å². The van der Waals surface area contributed by atoms with Crippen LogP contribution in [0.5, 0.6) is 0 Å². The number of carboxylic acid groups (broad SMARTS) is 1. The van der Waals surface area contributed by atoms with Gasteiger partial charge in [-0.15, -0.1) is 0 Å². The fraction of sp³-hybridized carbons (Fsp3) is 0.357. The van der Waals surface area contributed by atoms with E-state index < -0.39 is 27.9 Å². The van der Waals surface area contributed by atoms with Gasteiger partial charge in [-0.1, -0.05) is 37.3 Å². The smallest absolute Gasteiger partial charge is 0.326 e. The maximum Gasteiger partial charge on any atom is 0.326 e. The topological polar surface area (TPSA) is 133 Å².